The van der Waals surface area contributed by atoms with Crippen molar-refractivity contribution in [2.45, 2.75) is 25.9 Å². The van der Waals surface area contributed by atoms with Crippen LogP contribution in [0, 0.1) is 15.9 Å². The summed E-state index contributed by atoms with van der Waals surface area (Å²) in [4.78, 5) is 9.93. The van der Waals surface area contributed by atoms with Crippen molar-refractivity contribution in [3.8, 4) is 5.75 Å². The summed E-state index contributed by atoms with van der Waals surface area (Å²) < 4.78 is 23.7. The molecule has 100 valence electrons. The lowest BCUT2D eigenvalue weighted by Crippen LogP contribution is -2.25. The van der Waals surface area contributed by atoms with Crippen LogP contribution in [0.2, 0.25) is 0 Å². The van der Waals surface area contributed by atoms with Gasteiger partial charge in [-0.1, -0.05) is 6.07 Å². The van der Waals surface area contributed by atoms with Gasteiger partial charge in [0.1, 0.15) is 0 Å². The molecule has 0 unspecified atom stereocenters. The first-order valence-electron chi connectivity index (χ1n) is 5.48. The number of rotatable bonds is 6. The van der Waals surface area contributed by atoms with Crippen molar-refractivity contribution in [2.24, 2.45) is 0 Å². The molecule has 0 bridgehead atoms. The maximum Gasteiger partial charge on any atom is 0.346 e. The monoisotopic (exact) mass is 257 g/mol. The SMILES string of the molecule is COC(C)(C)CCOc1cccc(F)c1[N+](=O)[O-]. The van der Waals surface area contributed by atoms with E-state index in [1.54, 1.807) is 7.11 Å². The van der Waals surface area contributed by atoms with E-state index in [4.69, 9.17) is 9.47 Å². The Hall–Kier alpha value is -1.69. The smallest absolute Gasteiger partial charge is 0.346 e. The number of hydrogen-bond donors (Lipinski definition) is 0. The molecule has 0 aliphatic rings. The Balaban J connectivity index is 2.74. The molecule has 6 heteroatoms. The fourth-order valence-corrected chi connectivity index (χ4v) is 1.30. The standard InChI is InChI=1S/C12H16FNO4/c1-12(2,17-3)7-8-18-10-6-4-5-9(13)11(10)14(15)16/h4-6H,7-8H2,1-3H3. The third kappa shape index (κ3) is 3.66. The lowest BCUT2D eigenvalue weighted by molar-refractivity contribution is -0.388. The molecule has 0 heterocycles. The van der Waals surface area contributed by atoms with Crippen molar-refractivity contribution in [2.75, 3.05) is 13.7 Å². The van der Waals surface area contributed by atoms with Gasteiger partial charge in [0, 0.05) is 13.5 Å². The minimum atomic E-state index is -0.900. The zero-order chi connectivity index (χ0) is 13.8. The average molecular weight is 257 g/mol. The van der Waals surface area contributed by atoms with E-state index in [1.807, 2.05) is 13.8 Å². The van der Waals surface area contributed by atoms with Gasteiger partial charge in [0.05, 0.1) is 17.1 Å². The minimum Gasteiger partial charge on any atom is -0.487 e. The highest BCUT2D eigenvalue weighted by Crippen LogP contribution is 2.29. The first kappa shape index (κ1) is 14.4. The first-order valence-corrected chi connectivity index (χ1v) is 5.48. The minimum absolute atomic E-state index is 0.0631. The normalized spacial score (nSPS) is 11.3. The Bertz CT molecular complexity index is 434. The van der Waals surface area contributed by atoms with Crippen LogP contribution in [0.5, 0.6) is 5.75 Å². The number of ether oxygens (including phenoxy) is 2. The van der Waals surface area contributed by atoms with E-state index in [0.29, 0.717) is 6.42 Å². The summed E-state index contributed by atoms with van der Waals surface area (Å²) in [6.07, 6.45) is 0.539. The van der Waals surface area contributed by atoms with Crippen LogP contribution in [-0.4, -0.2) is 24.2 Å². The molecular formula is C12H16FNO4. The Kier molecular flexibility index (Phi) is 4.61. The fourth-order valence-electron chi connectivity index (χ4n) is 1.30. The first-order chi connectivity index (χ1) is 8.37. The second-order valence-electron chi connectivity index (χ2n) is 4.41. The second kappa shape index (κ2) is 5.77. The summed E-state index contributed by atoms with van der Waals surface area (Å²) >= 11 is 0. The van der Waals surface area contributed by atoms with Gasteiger partial charge in [-0.3, -0.25) is 10.1 Å². The molecule has 0 aromatic heterocycles. The molecule has 1 rings (SSSR count). The van der Waals surface area contributed by atoms with Crippen molar-refractivity contribution in [3.05, 3.63) is 34.1 Å². The second-order valence-corrected chi connectivity index (χ2v) is 4.41. The number of nitro groups is 1. The van der Waals surface area contributed by atoms with Gasteiger partial charge in [-0.15, -0.1) is 0 Å². The van der Waals surface area contributed by atoms with E-state index in [1.165, 1.54) is 12.1 Å². The van der Waals surface area contributed by atoms with E-state index in [2.05, 4.69) is 0 Å². The van der Waals surface area contributed by atoms with Crippen LogP contribution in [0.3, 0.4) is 0 Å². The fraction of sp³-hybridized carbons (Fsp3) is 0.500. The summed E-state index contributed by atoms with van der Waals surface area (Å²) in [6, 6.07) is 3.78. The van der Waals surface area contributed by atoms with Crippen molar-refractivity contribution in [3.63, 3.8) is 0 Å². The van der Waals surface area contributed by atoms with E-state index >= 15 is 0 Å². The van der Waals surface area contributed by atoms with E-state index in [0.717, 1.165) is 6.07 Å². The average Bonchev–Trinajstić information content (AvgIpc) is 2.28. The molecule has 1 aromatic rings. The van der Waals surface area contributed by atoms with Crippen LogP contribution >= 0.6 is 0 Å². The van der Waals surface area contributed by atoms with Gasteiger partial charge in [-0.05, 0) is 26.0 Å². The van der Waals surface area contributed by atoms with Crippen molar-refractivity contribution >= 4 is 5.69 Å². The third-order valence-electron chi connectivity index (χ3n) is 2.65. The maximum atomic E-state index is 13.3. The molecule has 0 amide bonds. The maximum absolute atomic E-state index is 13.3. The van der Waals surface area contributed by atoms with E-state index in [-0.39, 0.29) is 18.0 Å². The molecule has 0 atom stereocenters. The summed E-state index contributed by atoms with van der Waals surface area (Å²) in [6.45, 7) is 3.96. The molecule has 0 spiro atoms. The number of methoxy groups -OCH3 is 1. The third-order valence-corrected chi connectivity index (χ3v) is 2.65. The predicted molar refractivity (Wildman–Crippen MR) is 64.3 cm³/mol. The molecule has 0 saturated carbocycles. The summed E-state index contributed by atoms with van der Waals surface area (Å²) in [5, 5.41) is 10.7. The Morgan fingerprint density at radius 3 is 2.67 bits per heavy atom. The highest BCUT2D eigenvalue weighted by Gasteiger charge is 2.22. The Morgan fingerprint density at radius 2 is 2.11 bits per heavy atom. The van der Waals surface area contributed by atoms with Crippen LogP contribution in [0.25, 0.3) is 0 Å². The molecule has 0 saturated heterocycles. The van der Waals surface area contributed by atoms with Crippen LogP contribution in [0.1, 0.15) is 20.3 Å². The number of halogens is 1. The molecule has 18 heavy (non-hydrogen) atoms. The van der Waals surface area contributed by atoms with E-state index < -0.39 is 16.4 Å². The number of nitro benzene ring substituents is 1. The van der Waals surface area contributed by atoms with Gasteiger partial charge in [-0.2, -0.15) is 4.39 Å². The largest absolute Gasteiger partial charge is 0.487 e. The zero-order valence-corrected chi connectivity index (χ0v) is 10.6. The van der Waals surface area contributed by atoms with Gasteiger partial charge in [-0.25, -0.2) is 0 Å². The lowest BCUT2D eigenvalue weighted by atomic mass is 10.1. The predicted octanol–water partition coefficient (Wildman–Crippen LogP) is 2.93. The van der Waals surface area contributed by atoms with Crippen molar-refractivity contribution in [1.82, 2.24) is 0 Å². The van der Waals surface area contributed by atoms with Crippen LogP contribution in [0.15, 0.2) is 18.2 Å². The zero-order valence-electron chi connectivity index (χ0n) is 10.6. The topological polar surface area (TPSA) is 61.6 Å². The van der Waals surface area contributed by atoms with Crippen LogP contribution in [0.4, 0.5) is 10.1 Å². The van der Waals surface area contributed by atoms with Crippen LogP contribution < -0.4 is 4.74 Å². The molecule has 5 nitrogen and oxygen atoms in total. The van der Waals surface area contributed by atoms with Crippen LogP contribution in [-0.2, 0) is 4.74 Å². The number of para-hydroxylation sites is 1. The highest BCUT2D eigenvalue weighted by atomic mass is 19.1. The number of hydrogen-bond acceptors (Lipinski definition) is 4. The molecule has 1 aromatic carbocycles. The van der Waals surface area contributed by atoms with Crippen molar-refractivity contribution < 1.29 is 18.8 Å². The van der Waals surface area contributed by atoms with Crippen molar-refractivity contribution in [1.29, 1.82) is 0 Å². The number of nitrogens with zero attached hydrogens (tertiary/aromatic N) is 1. The highest BCUT2D eigenvalue weighted by molar-refractivity contribution is 5.47. The van der Waals surface area contributed by atoms with Gasteiger partial charge < -0.3 is 9.47 Å². The van der Waals surface area contributed by atoms with Gasteiger partial charge >= 0.3 is 5.69 Å². The summed E-state index contributed by atoms with van der Waals surface area (Å²) in [5.74, 6) is -0.963. The quantitative estimate of drug-likeness (QED) is 0.580. The molecule has 0 aliphatic carbocycles. The molecule has 0 aliphatic heterocycles. The Morgan fingerprint density at radius 1 is 1.44 bits per heavy atom. The Labute approximate surface area is 105 Å². The molecule has 0 fully saturated rings. The van der Waals surface area contributed by atoms with Gasteiger partial charge in [0.15, 0.2) is 5.75 Å². The van der Waals surface area contributed by atoms with E-state index in [9.17, 15) is 14.5 Å². The number of benzene rings is 1. The molecular weight excluding hydrogens is 241 g/mol. The summed E-state index contributed by atoms with van der Waals surface area (Å²) in [7, 11) is 1.57. The molecule has 0 N–H and O–H groups in total. The lowest BCUT2D eigenvalue weighted by Gasteiger charge is -2.22. The van der Waals surface area contributed by atoms with Gasteiger partial charge in [0.25, 0.3) is 0 Å². The summed E-state index contributed by atoms with van der Waals surface area (Å²) in [5.41, 5.74) is -1.02. The molecule has 0 radical (unpaired) electrons. The van der Waals surface area contributed by atoms with Gasteiger partial charge in [0.2, 0.25) is 5.82 Å².